The third-order valence-electron chi connectivity index (χ3n) is 3.07. The Balaban J connectivity index is 2.21. The Hall–Kier alpha value is -1.55. The maximum absolute atomic E-state index is 11.8. The van der Waals surface area contributed by atoms with E-state index in [9.17, 15) is 4.79 Å². The van der Waals surface area contributed by atoms with E-state index in [1.807, 2.05) is 40.7 Å². The van der Waals surface area contributed by atoms with Crippen LogP contribution in [0.3, 0.4) is 0 Å². The van der Waals surface area contributed by atoms with Gasteiger partial charge in [-0.1, -0.05) is 30.3 Å². The largest absolute Gasteiger partial charge is 0.444 e. The number of amides is 1. The zero-order valence-electron chi connectivity index (χ0n) is 14.5. The fraction of sp³-hybridized carbons (Fsp3) is 0.611. The molecule has 0 unspecified atom stereocenters. The van der Waals surface area contributed by atoms with Crippen molar-refractivity contribution >= 4 is 6.09 Å². The van der Waals surface area contributed by atoms with E-state index in [4.69, 9.17) is 4.74 Å². The minimum absolute atomic E-state index is 0.338. The van der Waals surface area contributed by atoms with Gasteiger partial charge in [-0.3, -0.25) is 0 Å². The molecule has 2 N–H and O–H groups in total. The summed E-state index contributed by atoms with van der Waals surface area (Å²) in [6.07, 6.45) is 1.77. The van der Waals surface area contributed by atoms with Crippen molar-refractivity contribution in [2.24, 2.45) is 0 Å². The molecule has 0 heterocycles. The third kappa shape index (κ3) is 8.67. The van der Waals surface area contributed by atoms with Crippen LogP contribution in [0.25, 0.3) is 0 Å². The van der Waals surface area contributed by atoms with Crippen LogP contribution in [0.4, 0.5) is 4.79 Å². The van der Waals surface area contributed by atoms with Crippen LogP contribution in [-0.4, -0.2) is 30.3 Å². The summed E-state index contributed by atoms with van der Waals surface area (Å²) in [6.45, 7) is 11.2. The van der Waals surface area contributed by atoms with Gasteiger partial charge in [0.1, 0.15) is 5.60 Å². The number of rotatable bonds is 7. The Morgan fingerprint density at radius 3 is 2.32 bits per heavy atom. The molecule has 0 aliphatic carbocycles. The number of carbonyl (C=O) groups excluding carboxylic acids is 1. The van der Waals surface area contributed by atoms with Gasteiger partial charge in [0, 0.05) is 6.54 Å². The molecular formula is C18H30N2O2. The minimum atomic E-state index is -0.469. The highest BCUT2D eigenvalue weighted by Crippen LogP contribution is 2.09. The van der Waals surface area contributed by atoms with Crippen LogP contribution in [-0.2, 0) is 11.2 Å². The molecule has 0 radical (unpaired) electrons. The van der Waals surface area contributed by atoms with Gasteiger partial charge < -0.3 is 15.4 Å². The molecule has 1 aromatic carbocycles. The molecule has 0 bridgehead atoms. The van der Waals surface area contributed by atoms with E-state index < -0.39 is 5.60 Å². The van der Waals surface area contributed by atoms with Crippen LogP contribution >= 0.6 is 0 Å². The molecule has 0 aromatic heterocycles. The van der Waals surface area contributed by atoms with Crippen molar-refractivity contribution in [3.63, 3.8) is 0 Å². The van der Waals surface area contributed by atoms with Crippen LogP contribution in [0.1, 0.15) is 46.6 Å². The van der Waals surface area contributed by atoms with Gasteiger partial charge in [-0.05, 0) is 59.6 Å². The van der Waals surface area contributed by atoms with Gasteiger partial charge in [0.05, 0.1) is 5.54 Å². The summed E-state index contributed by atoms with van der Waals surface area (Å²) in [5.74, 6) is 0. The number of benzene rings is 1. The Morgan fingerprint density at radius 1 is 1.09 bits per heavy atom. The molecule has 4 heteroatoms. The fourth-order valence-electron chi connectivity index (χ4n) is 2.09. The molecule has 1 rings (SSSR count). The van der Waals surface area contributed by atoms with Crippen LogP contribution in [0, 0.1) is 0 Å². The van der Waals surface area contributed by atoms with Gasteiger partial charge in [0.15, 0.2) is 0 Å². The number of ether oxygens (including phenoxy) is 1. The highest BCUT2D eigenvalue weighted by molar-refractivity contribution is 5.68. The molecule has 1 aromatic rings. The molecule has 0 saturated heterocycles. The van der Waals surface area contributed by atoms with Crippen molar-refractivity contribution in [3.05, 3.63) is 35.9 Å². The second kappa shape index (κ2) is 8.18. The Kier molecular flexibility index (Phi) is 6.88. The number of hydrogen-bond acceptors (Lipinski definition) is 3. The molecule has 4 nitrogen and oxygen atoms in total. The van der Waals surface area contributed by atoms with Gasteiger partial charge >= 0.3 is 6.09 Å². The second-order valence-corrected chi connectivity index (χ2v) is 7.28. The van der Waals surface area contributed by atoms with Crippen LogP contribution in [0.5, 0.6) is 0 Å². The molecular weight excluding hydrogens is 276 g/mol. The number of nitrogens with one attached hydrogen (secondary N) is 2. The van der Waals surface area contributed by atoms with Crippen molar-refractivity contribution in [3.8, 4) is 0 Å². The predicted molar refractivity (Wildman–Crippen MR) is 91.1 cm³/mol. The van der Waals surface area contributed by atoms with E-state index >= 15 is 0 Å². The molecule has 0 fully saturated rings. The SMILES string of the molecule is CC(C)(CNCCCc1ccccc1)NC(=O)OC(C)(C)C. The molecule has 22 heavy (non-hydrogen) atoms. The van der Waals surface area contributed by atoms with Gasteiger partial charge in [-0.25, -0.2) is 4.79 Å². The lowest BCUT2D eigenvalue weighted by atomic mass is 10.1. The number of hydrogen-bond donors (Lipinski definition) is 2. The lowest BCUT2D eigenvalue weighted by Gasteiger charge is -2.29. The maximum Gasteiger partial charge on any atom is 0.408 e. The lowest BCUT2D eigenvalue weighted by molar-refractivity contribution is 0.0472. The first-order chi connectivity index (χ1) is 10.2. The third-order valence-corrected chi connectivity index (χ3v) is 3.07. The molecule has 124 valence electrons. The smallest absolute Gasteiger partial charge is 0.408 e. The van der Waals surface area contributed by atoms with Crippen LogP contribution in [0.2, 0.25) is 0 Å². The van der Waals surface area contributed by atoms with Crippen molar-refractivity contribution < 1.29 is 9.53 Å². The van der Waals surface area contributed by atoms with E-state index in [0.29, 0.717) is 6.54 Å². The van der Waals surface area contributed by atoms with E-state index in [0.717, 1.165) is 19.4 Å². The van der Waals surface area contributed by atoms with Gasteiger partial charge in [0.25, 0.3) is 0 Å². The molecule has 1 amide bonds. The molecule has 0 aliphatic heterocycles. The van der Waals surface area contributed by atoms with Crippen LogP contribution in [0.15, 0.2) is 30.3 Å². The number of alkyl carbamates (subject to hydrolysis) is 1. The average Bonchev–Trinajstić information content (AvgIpc) is 2.36. The summed E-state index contributed by atoms with van der Waals surface area (Å²) in [5.41, 5.74) is 0.550. The summed E-state index contributed by atoms with van der Waals surface area (Å²) in [5, 5.41) is 6.29. The van der Waals surface area contributed by atoms with Crippen molar-refractivity contribution in [1.29, 1.82) is 0 Å². The molecule has 0 atom stereocenters. The standard InChI is InChI=1S/C18H30N2O2/c1-17(2,3)22-16(21)20-18(4,5)14-19-13-9-12-15-10-7-6-8-11-15/h6-8,10-11,19H,9,12-14H2,1-5H3,(H,20,21). The van der Waals surface area contributed by atoms with E-state index in [-0.39, 0.29) is 11.6 Å². The molecule has 0 aliphatic rings. The Morgan fingerprint density at radius 2 is 1.73 bits per heavy atom. The minimum Gasteiger partial charge on any atom is -0.444 e. The van der Waals surface area contributed by atoms with Gasteiger partial charge in [-0.15, -0.1) is 0 Å². The van der Waals surface area contributed by atoms with Crippen molar-refractivity contribution in [2.45, 2.75) is 58.6 Å². The summed E-state index contributed by atoms with van der Waals surface area (Å²) < 4.78 is 5.28. The average molecular weight is 306 g/mol. The van der Waals surface area contributed by atoms with E-state index in [1.54, 1.807) is 0 Å². The van der Waals surface area contributed by atoms with Crippen molar-refractivity contribution in [2.75, 3.05) is 13.1 Å². The predicted octanol–water partition coefficient (Wildman–Crippen LogP) is 3.51. The monoisotopic (exact) mass is 306 g/mol. The molecule has 0 saturated carbocycles. The summed E-state index contributed by atoms with van der Waals surface area (Å²) in [7, 11) is 0. The number of carbonyl (C=O) groups is 1. The summed E-state index contributed by atoms with van der Waals surface area (Å²) in [6, 6.07) is 10.5. The van der Waals surface area contributed by atoms with Gasteiger partial charge in [0.2, 0.25) is 0 Å². The number of aryl methyl sites for hydroxylation is 1. The summed E-state index contributed by atoms with van der Waals surface area (Å²) in [4.78, 5) is 11.8. The highest BCUT2D eigenvalue weighted by Gasteiger charge is 2.23. The van der Waals surface area contributed by atoms with E-state index in [2.05, 4.69) is 34.9 Å². The van der Waals surface area contributed by atoms with E-state index in [1.165, 1.54) is 5.56 Å². The summed E-state index contributed by atoms with van der Waals surface area (Å²) >= 11 is 0. The van der Waals surface area contributed by atoms with Crippen LogP contribution < -0.4 is 10.6 Å². The maximum atomic E-state index is 11.8. The zero-order valence-corrected chi connectivity index (χ0v) is 14.5. The Bertz CT molecular complexity index is 450. The first kappa shape index (κ1) is 18.5. The van der Waals surface area contributed by atoms with Gasteiger partial charge in [-0.2, -0.15) is 0 Å². The lowest BCUT2D eigenvalue weighted by Crippen LogP contribution is -2.51. The topological polar surface area (TPSA) is 50.4 Å². The normalized spacial score (nSPS) is 12.0. The first-order valence-corrected chi connectivity index (χ1v) is 7.94. The quantitative estimate of drug-likeness (QED) is 0.758. The van der Waals surface area contributed by atoms with Crippen molar-refractivity contribution in [1.82, 2.24) is 10.6 Å². The highest BCUT2D eigenvalue weighted by atomic mass is 16.6. The molecule has 0 spiro atoms. The first-order valence-electron chi connectivity index (χ1n) is 7.94. The fourth-order valence-corrected chi connectivity index (χ4v) is 2.09. The Labute approximate surface area is 134 Å². The second-order valence-electron chi connectivity index (χ2n) is 7.28. The zero-order chi connectivity index (χ0) is 16.6.